The van der Waals surface area contributed by atoms with Crippen molar-refractivity contribution in [2.24, 2.45) is 0 Å². The Balaban J connectivity index is 1.85. The molecule has 0 aliphatic carbocycles. The lowest BCUT2D eigenvalue weighted by atomic mass is 9.91. The highest BCUT2D eigenvalue weighted by Crippen LogP contribution is 2.26. The number of nitrogens with one attached hydrogen (secondary N) is 1. The second kappa shape index (κ2) is 6.91. The third kappa shape index (κ3) is 3.82. The molecule has 1 aliphatic heterocycles. The zero-order chi connectivity index (χ0) is 12.8. The van der Waals surface area contributed by atoms with Crippen LogP contribution in [-0.2, 0) is 4.74 Å². The van der Waals surface area contributed by atoms with E-state index in [1.165, 1.54) is 5.56 Å². The van der Waals surface area contributed by atoms with Crippen LogP contribution in [0.1, 0.15) is 44.6 Å². The van der Waals surface area contributed by atoms with Crippen LogP contribution >= 0.6 is 0 Å². The Morgan fingerprint density at radius 3 is 2.83 bits per heavy atom. The zero-order valence-electron chi connectivity index (χ0n) is 11.6. The fraction of sp³-hybridized carbons (Fsp3) is 0.625. The summed E-state index contributed by atoms with van der Waals surface area (Å²) in [5, 5.41) is 3.55. The van der Waals surface area contributed by atoms with Gasteiger partial charge in [-0.05, 0) is 37.3 Å². The van der Waals surface area contributed by atoms with Crippen LogP contribution in [0, 0.1) is 0 Å². The van der Waals surface area contributed by atoms with Crippen molar-refractivity contribution < 1.29 is 4.74 Å². The van der Waals surface area contributed by atoms with Gasteiger partial charge in [-0.25, -0.2) is 0 Å². The molecule has 2 heteroatoms. The molecule has 3 unspecified atom stereocenters. The van der Waals surface area contributed by atoms with Gasteiger partial charge >= 0.3 is 0 Å². The summed E-state index contributed by atoms with van der Waals surface area (Å²) in [7, 11) is 0. The average molecular weight is 247 g/mol. The largest absolute Gasteiger partial charge is 0.378 e. The monoisotopic (exact) mass is 247 g/mol. The minimum atomic E-state index is 0.415. The van der Waals surface area contributed by atoms with Gasteiger partial charge in [-0.3, -0.25) is 0 Å². The van der Waals surface area contributed by atoms with Gasteiger partial charge in [-0.1, -0.05) is 44.2 Å². The summed E-state index contributed by atoms with van der Waals surface area (Å²) in [5.74, 6) is 0.580. The van der Waals surface area contributed by atoms with E-state index in [0.717, 1.165) is 32.4 Å². The maximum absolute atomic E-state index is 5.91. The first-order chi connectivity index (χ1) is 8.79. The van der Waals surface area contributed by atoms with E-state index < -0.39 is 0 Å². The average Bonchev–Trinajstić information content (AvgIpc) is 2.40. The van der Waals surface area contributed by atoms with Crippen molar-refractivity contribution in [3.8, 4) is 0 Å². The molecule has 1 fully saturated rings. The summed E-state index contributed by atoms with van der Waals surface area (Å²) in [6, 6.07) is 11.4. The van der Waals surface area contributed by atoms with Crippen molar-refractivity contribution >= 4 is 0 Å². The first kappa shape index (κ1) is 13.6. The molecule has 1 saturated heterocycles. The number of hydrogen-bond donors (Lipinski definition) is 1. The van der Waals surface area contributed by atoms with Gasteiger partial charge in [0.05, 0.1) is 6.10 Å². The maximum Gasteiger partial charge on any atom is 0.0595 e. The summed E-state index contributed by atoms with van der Waals surface area (Å²) >= 11 is 0. The molecule has 0 saturated carbocycles. The van der Waals surface area contributed by atoms with Gasteiger partial charge in [0.25, 0.3) is 0 Å². The molecule has 1 aromatic rings. The Labute approximate surface area is 111 Å². The lowest BCUT2D eigenvalue weighted by Crippen LogP contribution is -2.39. The van der Waals surface area contributed by atoms with Crippen molar-refractivity contribution in [2.45, 2.75) is 51.2 Å². The quantitative estimate of drug-likeness (QED) is 0.861. The van der Waals surface area contributed by atoms with Crippen molar-refractivity contribution in [2.75, 3.05) is 13.2 Å². The second-order valence-corrected chi connectivity index (χ2v) is 5.32. The highest BCUT2D eigenvalue weighted by molar-refractivity contribution is 5.18. The minimum Gasteiger partial charge on any atom is -0.378 e. The van der Waals surface area contributed by atoms with Crippen molar-refractivity contribution in [1.82, 2.24) is 5.32 Å². The SMILES string of the molecule is CCNC1CCOC(CC(C)c2ccccc2)C1. The van der Waals surface area contributed by atoms with E-state index in [-0.39, 0.29) is 0 Å². The van der Waals surface area contributed by atoms with Crippen LogP contribution in [0.15, 0.2) is 30.3 Å². The minimum absolute atomic E-state index is 0.415. The van der Waals surface area contributed by atoms with Crippen LogP contribution in [0.25, 0.3) is 0 Å². The fourth-order valence-electron chi connectivity index (χ4n) is 2.83. The van der Waals surface area contributed by atoms with Crippen molar-refractivity contribution in [3.63, 3.8) is 0 Å². The Morgan fingerprint density at radius 1 is 1.33 bits per heavy atom. The molecule has 3 atom stereocenters. The molecule has 0 aromatic heterocycles. The zero-order valence-corrected chi connectivity index (χ0v) is 11.6. The lowest BCUT2D eigenvalue weighted by Gasteiger charge is -2.31. The van der Waals surface area contributed by atoms with E-state index in [1.54, 1.807) is 0 Å². The highest BCUT2D eigenvalue weighted by atomic mass is 16.5. The predicted molar refractivity (Wildman–Crippen MR) is 75.9 cm³/mol. The lowest BCUT2D eigenvalue weighted by molar-refractivity contribution is -0.00556. The maximum atomic E-state index is 5.91. The van der Waals surface area contributed by atoms with E-state index >= 15 is 0 Å². The smallest absolute Gasteiger partial charge is 0.0595 e. The molecule has 0 bridgehead atoms. The molecule has 1 N–H and O–H groups in total. The molecule has 1 heterocycles. The van der Waals surface area contributed by atoms with Crippen LogP contribution < -0.4 is 5.32 Å². The summed E-state index contributed by atoms with van der Waals surface area (Å²) < 4.78 is 5.91. The Hall–Kier alpha value is -0.860. The normalized spacial score (nSPS) is 25.9. The fourth-order valence-corrected chi connectivity index (χ4v) is 2.83. The third-order valence-electron chi connectivity index (χ3n) is 3.85. The van der Waals surface area contributed by atoms with Gasteiger partial charge in [0.1, 0.15) is 0 Å². The highest BCUT2D eigenvalue weighted by Gasteiger charge is 2.23. The number of ether oxygens (including phenoxy) is 1. The van der Waals surface area contributed by atoms with Gasteiger partial charge in [0.15, 0.2) is 0 Å². The van der Waals surface area contributed by atoms with Crippen LogP contribution in [0.3, 0.4) is 0 Å². The molecule has 1 aliphatic rings. The van der Waals surface area contributed by atoms with E-state index in [2.05, 4.69) is 49.5 Å². The molecular weight excluding hydrogens is 222 g/mol. The molecule has 0 radical (unpaired) electrons. The van der Waals surface area contributed by atoms with Gasteiger partial charge in [-0.2, -0.15) is 0 Å². The van der Waals surface area contributed by atoms with Crippen molar-refractivity contribution in [1.29, 1.82) is 0 Å². The molecule has 100 valence electrons. The van der Waals surface area contributed by atoms with E-state index in [1.807, 2.05) is 0 Å². The molecule has 2 nitrogen and oxygen atoms in total. The third-order valence-corrected chi connectivity index (χ3v) is 3.85. The molecule has 0 spiro atoms. The van der Waals surface area contributed by atoms with E-state index in [4.69, 9.17) is 4.74 Å². The summed E-state index contributed by atoms with van der Waals surface area (Å²) in [6.45, 7) is 6.45. The molecular formula is C16H25NO. The van der Waals surface area contributed by atoms with Gasteiger partial charge in [0, 0.05) is 12.6 Å². The van der Waals surface area contributed by atoms with Crippen LogP contribution in [0.2, 0.25) is 0 Å². The summed E-state index contributed by atoms with van der Waals surface area (Å²) in [4.78, 5) is 0. The van der Waals surface area contributed by atoms with Crippen molar-refractivity contribution in [3.05, 3.63) is 35.9 Å². The summed E-state index contributed by atoms with van der Waals surface area (Å²) in [5.41, 5.74) is 1.42. The van der Waals surface area contributed by atoms with Gasteiger partial charge < -0.3 is 10.1 Å². The number of hydrogen-bond acceptors (Lipinski definition) is 2. The Bertz CT molecular complexity index is 336. The molecule has 2 rings (SSSR count). The number of benzene rings is 1. The van der Waals surface area contributed by atoms with Gasteiger partial charge in [0.2, 0.25) is 0 Å². The molecule has 0 amide bonds. The molecule has 1 aromatic carbocycles. The number of rotatable bonds is 5. The topological polar surface area (TPSA) is 21.3 Å². The first-order valence-electron chi connectivity index (χ1n) is 7.19. The van der Waals surface area contributed by atoms with E-state index in [9.17, 15) is 0 Å². The first-order valence-corrected chi connectivity index (χ1v) is 7.19. The second-order valence-electron chi connectivity index (χ2n) is 5.32. The van der Waals surface area contributed by atoms with Crippen LogP contribution in [-0.4, -0.2) is 25.3 Å². The Kier molecular flexibility index (Phi) is 5.21. The van der Waals surface area contributed by atoms with Crippen LogP contribution in [0.4, 0.5) is 0 Å². The van der Waals surface area contributed by atoms with E-state index in [0.29, 0.717) is 18.1 Å². The predicted octanol–water partition coefficient (Wildman–Crippen LogP) is 3.34. The van der Waals surface area contributed by atoms with Crippen LogP contribution in [0.5, 0.6) is 0 Å². The standard InChI is InChI=1S/C16H25NO/c1-3-17-15-9-10-18-16(12-15)11-13(2)14-7-5-4-6-8-14/h4-8,13,15-17H,3,9-12H2,1-2H3. The summed E-state index contributed by atoms with van der Waals surface area (Å²) in [6.07, 6.45) is 3.86. The molecule has 18 heavy (non-hydrogen) atoms. The Morgan fingerprint density at radius 2 is 2.11 bits per heavy atom. The van der Waals surface area contributed by atoms with Gasteiger partial charge in [-0.15, -0.1) is 0 Å².